The second kappa shape index (κ2) is 7.09. The van der Waals surface area contributed by atoms with Crippen LogP contribution in [0, 0.1) is 0 Å². The zero-order valence-electron chi connectivity index (χ0n) is 13.6. The number of halogens is 1. The predicted molar refractivity (Wildman–Crippen MR) is 103 cm³/mol. The summed E-state index contributed by atoms with van der Waals surface area (Å²) in [6.07, 6.45) is 1.73. The van der Waals surface area contributed by atoms with Gasteiger partial charge in [-0.25, -0.2) is 4.98 Å². The van der Waals surface area contributed by atoms with Gasteiger partial charge in [0.2, 0.25) is 0 Å². The van der Waals surface area contributed by atoms with E-state index in [-0.39, 0.29) is 6.04 Å². The van der Waals surface area contributed by atoms with Crippen LogP contribution in [0.5, 0.6) is 0 Å². The number of benzene rings is 2. The van der Waals surface area contributed by atoms with Crippen LogP contribution in [-0.2, 0) is 6.54 Å². The summed E-state index contributed by atoms with van der Waals surface area (Å²) >= 11 is 6.23. The molecule has 4 rings (SSSR count). The average Bonchev–Trinajstić information content (AvgIpc) is 3.09. The maximum absolute atomic E-state index is 6.23. The first-order chi connectivity index (χ1) is 12.3. The Bertz CT molecular complexity index is 964. The predicted octanol–water partition coefficient (Wildman–Crippen LogP) is 5.10. The number of hydrogen-bond donors (Lipinski definition) is 2. The molecule has 2 N–H and O–H groups in total. The van der Waals surface area contributed by atoms with Crippen LogP contribution in [0.15, 0.2) is 79.0 Å². The van der Waals surface area contributed by atoms with Gasteiger partial charge >= 0.3 is 0 Å². The topological polar surface area (TPSA) is 40.7 Å². The average molecular weight is 348 g/mol. The van der Waals surface area contributed by atoms with Gasteiger partial charge in [0.05, 0.1) is 11.6 Å². The highest BCUT2D eigenvalue weighted by Gasteiger charge is 2.17. The Morgan fingerprint density at radius 1 is 0.960 bits per heavy atom. The largest absolute Gasteiger partial charge is 0.354 e. The number of nitrogens with one attached hydrogen (secondary N) is 2. The van der Waals surface area contributed by atoms with Crippen molar-refractivity contribution in [2.24, 2.45) is 0 Å². The fraction of sp³-hybridized carbons (Fsp3) is 0.0952. The van der Waals surface area contributed by atoms with E-state index in [0.717, 1.165) is 23.1 Å². The van der Waals surface area contributed by atoms with E-state index in [1.54, 1.807) is 6.20 Å². The van der Waals surface area contributed by atoms with Gasteiger partial charge in [-0.15, -0.1) is 0 Å². The molecule has 0 radical (unpaired) electrons. The van der Waals surface area contributed by atoms with Crippen molar-refractivity contribution >= 4 is 22.5 Å². The van der Waals surface area contributed by atoms with Crippen molar-refractivity contribution in [1.82, 2.24) is 15.3 Å². The molecule has 0 unspecified atom stereocenters. The monoisotopic (exact) mass is 347 g/mol. The van der Waals surface area contributed by atoms with E-state index in [1.807, 2.05) is 18.2 Å². The lowest BCUT2D eigenvalue weighted by molar-refractivity contribution is 0.595. The molecule has 2 aromatic carbocycles. The lowest BCUT2D eigenvalue weighted by Crippen LogP contribution is -2.22. The molecule has 0 fully saturated rings. The van der Waals surface area contributed by atoms with Gasteiger partial charge in [-0.2, -0.15) is 0 Å². The third-order valence-corrected chi connectivity index (χ3v) is 4.60. The van der Waals surface area contributed by atoms with E-state index in [1.165, 1.54) is 11.1 Å². The van der Waals surface area contributed by atoms with Gasteiger partial charge in [-0.05, 0) is 23.3 Å². The van der Waals surface area contributed by atoms with Gasteiger partial charge in [0.1, 0.15) is 0 Å². The van der Waals surface area contributed by atoms with Crippen molar-refractivity contribution in [3.05, 3.63) is 101 Å². The van der Waals surface area contributed by atoms with Gasteiger partial charge < -0.3 is 10.3 Å². The van der Waals surface area contributed by atoms with E-state index in [0.29, 0.717) is 5.15 Å². The van der Waals surface area contributed by atoms with Crippen molar-refractivity contribution in [2.75, 3.05) is 0 Å². The Labute approximate surface area is 151 Å². The van der Waals surface area contributed by atoms with Crippen LogP contribution in [0.3, 0.4) is 0 Å². The molecule has 0 amide bonds. The highest BCUT2D eigenvalue weighted by molar-refractivity contribution is 6.33. The normalized spacial score (nSPS) is 12.4. The summed E-state index contributed by atoms with van der Waals surface area (Å²) in [7, 11) is 0. The highest BCUT2D eigenvalue weighted by atomic mass is 35.5. The minimum Gasteiger partial charge on any atom is -0.354 e. The molecule has 2 heterocycles. The van der Waals surface area contributed by atoms with Crippen molar-refractivity contribution in [3.8, 4) is 0 Å². The number of hydrogen-bond acceptors (Lipinski definition) is 2. The van der Waals surface area contributed by atoms with E-state index in [4.69, 9.17) is 11.6 Å². The van der Waals surface area contributed by atoms with E-state index in [9.17, 15) is 0 Å². The Balaban J connectivity index is 1.70. The van der Waals surface area contributed by atoms with Crippen LogP contribution in [0.2, 0.25) is 5.15 Å². The fourth-order valence-electron chi connectivity index (χ4n) is 3.07. The summed E-state index contributed by atoms with van der Waals surface area (Å²) in [5, 5.41) is 5.22. The second-order valence-electron chi connectivity index (χ2n) is 6.00. The van der Waals surface area contributed by atoms with Crippen LogP contribution in [0.25, 0.3) is 10.9 Å². The quantitative estimate of drug-likeness (QED) is 0.493. The molecule has 0 bridgehead atoms. The number of aromatic amines is 1. The Morgan fingerprint density at radius 2 is 1.68 bits per heavy atom. The van der Waals surface area contributed by atoms with Crippen LogP contribution in [0.1, 0.15) is 22.9 Å². The molecule has 25 heavy (non-hydrogen) atoms. The van der Waals surface area contributed by atoms with Crippen LogP contribution >= 0.6 is 11.6 Å². The molecule has 0 spiro atoms. The van der Waals surface area contributed by atoms with Crippen molar-refractivity contribution in [3.63, 3.8) is 0 Å². The number of pyridine rings is 1. The first-order valence-corrected chi connectivity index (χ1v) is 8.64. The summed E-state index contributed by atoms with van der Waals surface area (Å²) in [5.41, 5.74) is 4.40. The number of aromatic nitrogens is 2. The van der Waals surface area contributed by atoms with Crippen LogP contribution in [0.4, 0.5) is 0 Å². The zero-order chi connectivity index (χ0) is 17.1. The van der Waals surface area contributed by atoms with Gasteiger partial charge in [0.25, 0.3) is 0 Å². The number of rotatable bonds is 5. The van der Waals surface area contributed by atoms with E-state index >= 15 is 0 Å². The summed E-state index contributed by atoms with van der Waals surface area (Å²) in [6.45, 7) is 0.780. The minimum absolute atomic E-state index is 0.0462. The molecular weight excluding hydrogens is 330 g/mol. The molecule has 0 saturated heterocycles. The SMILES string of the molecule is Clc1nccc2cc([C@@H](NCc3ccccc3)c3ccccc3)[nH]c12. The minimum atomic E-state index is 0.0462. The first-order valence-electron chi connectivity index (χ1n) is 8.26. The summed E-state index contributed by atoms with van der Waals surface area (Å²) in [6, 6.07) is 25.0. The lowest BCUT2D eigenvalue weighted by atomic mass is 10.0. The smallest absolute Gasteiger partial charge is 0.153 e. The second-order valence-corrected chi connectivity index (χ2v) is 6.36. The summed E-state index contributed by atoms with van der Waals surface area (Å²) < 4.78 is 0. The number of nitrogens with zero attached hydrogens (tertiary/aromatic N) is 1. The van der Waals surface area contributed by atoms with Crippen LogP contribution < -0.4 is 5.32 Å². The zero-order valence-corrected chi connectivity index (χ0v) is 14.4. The van der Waals surface area contributed by atoms with Gasteiger partial charge in [-0.1, -0.05) is 72.3 Å². The Hall–Kier alpha value is -2.62. The van der Waals surface area contributed by atoms with Crippen LogP contribution in [-0.4, -0.2) is 9.97 Å². The molecule has 0 aliphatic heterocycles. The standard InChI is InChI=1S/C21H18ClN3/c22-21-20-17(11-12-23-21)13-18(25-20)19(16-9-5-2-6-10-16)24-14-15-7-3-1-4-8-15/h1-13,19,24-25H,14H2/t19-/m0/s1. The molecule has 1 atom stereocenters. The van der Waals surface area contributed by atoms with E-state index in [2.05, 4.69) is 69.9 Å². The molecule has 0 aliphatic carbocycles. The van der Waals surface area contributed by atoms with Gasteiger partial charge in [-0.3, -0.25) is 0 Å². The highest BCUT2D eigenvalue weighted by Crippen LogP contribution is 2.28. The molecule has 3 nitrogen and oxygen atoms in total. The molecule has 4 aromatic rings. The van der Waals surface area contributed by atoms with Crippen molar-refractivity contribution in [1.29, 1.82) is 0 Å². The molecule has 2 aromatic heterocycles. The number of fused-ring (bicyclic) bond motifs is 1. The number of H-pyrrole nitrogens is 1. The third kappa shape index (κ3) is 3.43. The maximum atomic E-state index is 6.23. The molecular formula is C21H18ClN3. The van der Waals surface area contributed by atoms with Crippen molar-refractivity contribution in [2.45, 2.75) is 12.6 Å². The van der Waals surface area contributed by atoms with Gasteiger partial charge in [0, 0.05) is 23.8 Å². The van der Waals surface area contributed by atoms with Gasteiger partial charge in [0.15, 0.2) is 5.15 Å². The molecule has 124 valence electrons. The first kappa shape index (κ1) is 15.9. The maximum Gasteiger partial charge on any atom is 0.153 e. The lowest BCUT2D eigenvalue weighted by Gasteiger charge is -2.18. The molecule has 4 heteroatoms. The third-order valence-electron chi connectivity index (χ3n) is 4.31. The Morgan fingerprint density at radius 3 is 2.40 bits per heavy atom. The molecule has 0 aliphatic rings. The van der Waals surface area contributed by atoms with E-state index < -0.39 is 0 Å². The summed E-state index contributed by atoms with van der Waals surface area (Å²) in [4.78, 5) is 7.60. The Kier molecular flexibility index (Phi) is 4.51. The fourth-order valence-corrected chi connectivity index (χ4v) is 3.28. The van der Waals surface area contributed by atoms with Crippen molar-refractivity contribution < 1.29 is 0 Å². The summed E-state index contributed by atoms with van der Waals surface area (Å²) in [5.74, 6) is 0. The molecule has 0 saturated carbocycles.